The standard InChI is InChI=1S/C14H18BrNO/c1-9(2)16-12-6-5-10(15)7-11(12)14(3,4)8-13(16)17/h5-7,9H,8H2,1-4H3. The van der Waals surface area contributed by atoms with E-state index < -0.39 is 0 Å². The van der Waals surface area contributed by atoms with E-state index >= 15 is 0 Å². The molecule has 1 aliphatic heterocycles. The van der Waals surface area contributed by atoms with Gasteiger partial charge >= 0.3 is 0 Å². The van der Waals surface area contributed by atoms with Crippen molar-refractivity contribution in [2.24, 2.45) is 0 Å². The first-order chi connectivity index (χ1) is 7.83. The van der Waals surface area contributed by atoms with E-state index in [0.717, 1.165) is 10.2 Å². The largest absolute Gasteiger partial charge is 0.310 e. The van der Waals surface area contributed by atoms with Crippen LogP contribution in [0, 0.1) is 0 Å². The summed E-state index contributed by atoms with van der Waals surface area (Å²) in [4.78, 5) is 14.1. The van der Waals surface area contributed by atoms with E-state index in [0.29, 0.717) is 6.42 Å². The molecule has 0 radical (unpaired) electrons. The van der Waals surface area contributed by atoms with Crippen LogP contribution in [-0.4, -0.2) is 11.9 Å². The molecular formula is C14H18BrNO. The third-order valence-electron chi connectivity index (χ3n) is 3.33. The van der Waals surface area contributed by atoms with Crippen LogP contribution in [0.4, 0.5) is 5.69 Å². The molecule has 1 heterocycles. The van der Waals surface area contributed by atoms with E-state index in [1.165, 1.54) is 5.56 Å². The maximum atomic E-state index is 12.2. The molecule has 0 saturated heterocycles. The molecule has 0 atom stereocenters. The molecule has 17 heavy (non-hydrogen) atoms. The molecule has 92 valence electrons. The fourth-order valence-corrected chi connectivity index (χ4v) is 2.88. The van der Waals surface area contributed by atoms with Gasteiger partial charge in [0.1, 0.15) is 0 Å². The summed E-state index contributed by atoms with van der Waals surface area (Å²) in [6.45, 7) is 8.38. The number of halogens is 1. The Morgan fingerprint density at radius 1 is 1.35 bits per heavy atom. The van der Waals surface area contributed by atoms with Crippen molar-refractivity contribution in [1.82, 2.24) is 0 Å². The van der Waals surface area contributed by atoms with Gasteiger partial charge in [-0.05, 0) is 37.6 Å². The lowest BCUT2D eigenvalue weighted by Gasteiger charge is -2.40. The third kappa shape index (κ3) is 2.13. The number of anilines is 1. The maximum Gasteiger partial charge on any atom is 0.228 e. The second kappa shape index (κ2) is 4.13. The Hall–Kier alpha value is -0.830. The molecular weight excluding hydrogens is 278 g/mol. The Morgan fingerprint density at radius 2 is 2.00 bits per heavy atom. The van der Waals surface area contributed by atoms with Gasteiger partial charge in [-0.3, -0.25) is 4.79 Å². The highest BCUT2D eigenvalue weighted by atomic mass is 79.9. The summed E-state index contributed by atoms with van der Waals surface area (Å²) in [7, 11) is 0. The second-order valence-corrected chi connectivity index (χ2v) is 6.50. The minimum absolute atomic E-state index is 0.0818. The van der Waals surface area contributed by atoms with Crippen molar-refractivity contribution < 1.29 is 4.79 Å². The van der Waals surface area contributed by atoms with Crippen molar-refractivity contribution in [3.8, 4) is 0 Å². The summed E-state index contributed by atoms with van der Waals surface area (Å²) < 4.78 is 1.07. The Kier molecular flexibility index (Phi) is 3.06. The van der Waals surface area contributed by atoms with E-state index in [4.69, 9.17) is 0 Å². The van der Waals surface area contributed by atoms with Crippen molar-refractivity contribution in [3.05, 3.63) is 28.2 Å². The summed E-state index contributed by atoms with van der Waals surface area (Å²) in [5, 5.41) is 0. The Balaban J connectivity index is 2.63. The average molecular weight is 296 g/mol. The molecule has 2 nitrogen and oxygen atoms in total. The first-order valence-electron chi connectivity index (χ1n) is 5.95. The number of hydrogen-bond acceptors (Lipinski definition) is 1. The summed E-state index contributed by atoms with van der Waals surface area (Å²) in [5.74, 6) is 0.222. The van der Waals surface area contributed by atoms with Crippen LogP contribution in [0.5, 0.6) is 0 Å². The van der Waals surface area contributed by atoms with E-state index in [1.807, 2.05) is 17.0 Å². The molecule has 0 spiro atoms. The highest BCUT2D eigenvalue weighted by Gasteiger charge is 2.37. The van der Waals surface area contributed by atoms with Crippen LogP contribution in [0.2, 0.25) is 0 Å². The molecule has 0 unspecified atom stereocenters. The molecule has 2 rings (SSSR count). The number of nitrogens with zero attached hydrogens (tertiary/aromatic N) is 1. The minimum atomic E-state index is -0.0818. The lowest BCUT2D eigenvalue weighted by atomic mass is 9.77. The summed E-state index contributed by atoms with van der Waals surface area (Å²) in [6.07, 6.45) is 0.578. The number of amides is 1. The van der Waals surface area contributed by atoms with E-state index in [-0.39, 0.29) is 17.4 Å². The molecule has 0 aromatic heterocycles. The number of rotatable bonds is 1. The zero-order valence-electron chi connectivity index (χ0n) is 10.7. The Bertz CT molecular complexity index is 465. The van der Waals surface area contributed by atoms with Gasteiger partial charge < -0.3 is 4.90 Å². The molecule has 0 bridgehead atoms. The van der Waals surface area contributed by atoms with E-state index in [1.54, 1.807) is 0 Å². The predicted molar refractivity (Wildman–Crippen MR) is 74.4 cm³/mol. The lowest BCUT2D eigenvalue weighted by molar-refractivity contribution is -0.120. The lowest BCUT2D eigenvalue weighted by Crippen LogP contribution is -2.45. The third-order valence-corrected chi connectivity index (χ3v) is 3.82. The average Bonchev–Trinajstić information content (AvgIpc) is 2.17. The molecule has 0 fully saturated rings. The highest BCUT2D eigenvalue weighted by Crippen LogP contribution is 2.42. The zero-order valence-corrected chi connectivity index (χ0v) is 12.3. The topological polar surface area (TPSA) is 20.3 Å². The van der Waals surface area contributed by atoms with Gasteiger partial charge in [-0.25, -0.2) is 0 Å². The zero-order chi connectivity index (χ0) is 12.8. The normalized spacial score (nSPS) is 18.5. The molecule has 1 aromatic rings. The quantitative estimate of drug-likeness (QED) is 0.770. The van der Waals surface area contributed by atoms with Crippen molar-refractivity contribution in [2.45, 2.75) is 45.6 Å². The van der Waals surface area contributed by atoms with Crippen LogP contribution in [0.3, 0.4) is 0 Å². The second-order valence-electron chi connectivity index (χ2n) is 5.58. The van der Waals surface area contributed by atoms with E-state index in [9.17, 15) is 4.79 Å². The number of fused-ring (bicyclic) bond motifs is 1. The molecule has 3 heteroatoms. The van der Waals surface area contributed by atoms with Gasteiger partial charge in [0.25, 0.3) is 0 Å². The number of carbonyl (C=O) groups excluding carboxylic acids is 1. The van der Waals surface area contributed by atoms with Gasteiger partial charge in [0, 0.05) is 28.0 Å². The SMILES string of the molecule is CC(C)N1C(=O)CC(C)(C)c2cc(Br)ccc21. The van der Waals surface area contributed by atoms with Crippen LogP contribution >= 0.6 is 15.9 Å². The first kappa shape index (κ1) is 12.6. The summed E-state index contributed by atoms with van der Waals surface area (Å²) in [5.41, 5.74) is 2.23. The van der Waals surface area contributed by atoms with Gasteiger partial charge in [0.2, 0.25) is 5.91 Å². The molecule has 1 amide bonds. The maximum absolute atomic E-state index is 12.2. The monoisotopic (exact) mass is 295 g/mol. The number of carbonyl (C=O) groups is 1. The Labute approximate surface area is 111 Å². The Morgan fingerprint density at radius 3 is 2.59 bits per heavy atom. The number of hydrogen-bond donors (Lipinski definition) is 0. The minimum Gasteiger partial charge on any atom is -0.310 e. The van der Waals surface area contributed by atoms with Crippen molar-refractivity contribution in [3.63, 3.8) is 0 Å². The van der Waals surface area contributed by atoms with Crippen molar-refractivity contribution in [1.29, 1.82) is 0 Å². The fourth-order valence-electron chi connectivity index (χ4n) is 2.52. The van der Waals surface area contributed by atoms with Crippen LogP contribution in [0.25, 0.3) is 0 Å². The van der Waals surface area contributed by atoms with Crippen molar-refractivity contribution >= 4 is 27.5 Å². The van der Waals surface area contributed by atoms with Crippen molar-refractivity contribution in [2.75, 3.05) is 4.90 Å². The van der Waals surface area contributed by atoms with E-state index in [2.05, 4.69) is 49.7 Å². The molecule has 0 aliphatic carbocycles. The summed E-state index contributed by atoms with van der Waals surface area (Å²) in [6, 6.07) is 6.39. The predicted octanol–water partition coefficient (Wildman–Crippen LogP) is 3.87. The van der Waals surface area contributed by atoms with Crippen LogP contribution < -0.4 is 4.90 Å². The van der Waals surface area contributed by atoms with Gasteiger partial charge in [-0.2, -0.15) is 0 Å². The number of benzene rings is 1. The van der Waals surface area contributed by atoms with Gasteiger partial charge in [0.05, 0.1) is 0 Å². The van der Waals surface area contributed by atoms with Crippen LogP contribution in [0.15, 0.2) is 22.7 Å². The van der Waals surface area contributed by atoms with Gasteiger partial charge in [0.15, 0.2) is 0 Å². The highest BCUT2D eigenvalue weighted by molar-refractivity contribution is 9.10. The molecule has 0 saturated carbocycles. The molecule has 1 aromatic carbocycles. The smallest absolute Gasteiger partial charge is 0.228 e. The molecule has 1 aliphatic rings. The fraction of sp³-hybridized carbons (Fsp3) is 0.500. The first-order valence-corrected chi connectivity index (χ1v) is 6.74. The van der Waals surface area contributed by atoms with Gasteiger partial charge in [-0.15, -0.1) is 0 Å². The molecule has 0 N–H and O–H groups in total. The van der Waals surface area contributed by atoms with Crippen LogP contribution in [-0.2, 0) is 10.2 Å². The van der Waals surface area contributed by atoms with Gasteiger partial charge in [-0.1, -0.05) is 29.8 Å². The summed E-state index contributed by atoms with van der Waals surface area (Å²) >= 11 is 3.51. The van der Waals surface area contributed by atoms with Crippen LogP contribution in [0.1, 0.15) is 39.7 Å².